The predicted molar refractivity (Wildman–Crippen MR) is 121 cm³/mol. The fourth-order valence-electron chi connectivity index (χ4n) is 6.87. The van der Waals surface area contributed by atoms with Crippen molar-refractivity contribution in [3.8, 4) is 0 Å². The third kappa shape index (κ3) is 4.32. The summed E-state index contributed by atoms with van der Waals surface area (Å²) in [6, 6.07) is 6.02. The van der Waals surface area contributed by atoms with E-state index in [1.165, 1.54) is 31.4 Å². The molecule has 7 nitrogen and oxygen atoms in total. The van der Waals surface area contributed by atoms with Gasteiger partial charge < -0.3 is 9.88 Å². The lowest BCUT2D eigenvalue weighted by Gasteiger charge is -2.56. The highest BCUT2D eigenvalue weighted by Crippen LogP contribution is 2.60. The van der Waals surface area contributed by atoms with Gasteiger partial charge in [0, 0.05) is 18.5 Å². The average Bonchev–Trinajstić information content (AvgIpc) is 3.20. The normalized spacial score (nSPS) is 28.2. The molecule has 4 aliphatic rings. The molecule has 1 heterocycles. The second-order valence-electron chi connectivity index (χ2n) is 10.2. The van der Waals surface area contributed by atoms with E-state index in [2.05, 4.69) is 15.5 Å². The van der Waals surface area contributed by atoms with Crippen LogP contribution in [-0.2, 0) is 33.0 Å². The molecule has 4 saturated carbocycles. The minimum absolute atomic E-state index is 0.0665. The van der Waals surface area contributed by atoms with Gasteiger partial charge in [-0.25, -0.2) is 12.8 Å². The molecule has 33 heavy (non-hydrogen) atoms. The van der Waals surface area contributed by atoms with Gasteiger partial charge in [-0.05, 0) is 87.3 Å². The highest BCUT2D eigenvalue weighted by atomic mass is 32.2. The Labute approximate surface area is 194 Å². The average molecular weight is 475 g/mol. The number of nitrogens with zero attached hydrogens (tertiary/aromatic N) is 3. The smallest absolute Gasteiger partial charge is 0.250 e. The van der Waals surface area contributed by atoms with Crippen LogP contribution in [0.4, 0.5) is 4.39 Å². The Morgan fingerprint density at radius 2 is 1.70 bits per heavy atom. The first kappa shape index (κ1) is 22.5. The molecule has 1 amide bonds. The van der Waals surface area contributed by atoms with Gasteiger partial charge in [-0.3, -0.25) is 4.79 Å². The summed E-state index contributed by atoms with van der Waals surface area (Å²) in [7, 11) is -3.93. The molecule has 4 aliphatic carbocycles. The first-order chi connectivity index (χ1) is 15.8. The zero-order valence-corrected chi connectivity index (χ0v) is 19.8. The van der Waals surface area contributed by atoms with Crippen molar-refractivity contribution in [3.63, 3.8) is 0 Å². The Bertz CT molecular complexity index is 1110. The van der Waals surface area contributed by atoms with Crippen LogP contribution in [0.15, 0.2) is 29.4 Å². The molecule has 0 radical (unpaired) electrons. The number of rotatable bonds is 8. The number of carbonyl (C=O) groups excluding carboxylic acids is 1. The maximum atomic E-state index is 13.1. The highest BCUT2D eigenvalue weighted by Gasteiger charge is 2.54. The summed E-state index contributed by atoms with van der Waals surface area (Å²) in [5.74, 6) is 1.40. The van der Waals surface area contributed by atoms with E-state index in [9.17, 15) is 17.6 Å². The van der Waals surface area contributed by atoms with E-state index in [1.54, 1.807) is 16.7 Å². The molecule has 1 aromatic carbocycles. The van der Waals surface area contributed by atoms with Crippen molar-refractivity contribution < 1.29 is 17.6 Å². The summed E-state index contributed by atoms with van der Waals surface area (Å²) < 4.78 is 41.0. The molecule has 6 rings (SSSR count). The lowest BCUT2D eigenvalue weighted by Crippen LogP contribution is -2.49. The van der Waals surface area contributed by atoms with Crippen LogP contribution in [0.25, 0.3) is 0 Å². The molecule has 4 bridgehead atoms. The van der Waals surface area contributed by atoms with E-state index in [-0.39, 0.29) is 22.9 Å². The Morgan fingerprint density at radius 1 is 1.09 bits per heavy atom. The summed E-state index contributed by atoms with van der Waals surface area (Å²) in [6.07, 6.45) is 7.59. The topological polar surface area (TPSA) is 93.9 Å². The number of halogens is 1. The van der Waals surface area contributed by atoms with Crippen molar-refractivity contribution in [1.82, 2.24) is 20.1 Å². The number of hydrogen-bond donors (Lipinski definition) is 1. The van der Waals surface area contributed by atoms with Crippen LogP contribution in [0, 0.1) is 23.6 Å². The van der Waals surface area contributed by atoms with Crippen molar-refractivity contribution in [2.75, 3.05) is 12.3 Å². The van der Waals surface area contributed by atoms with Crippen LogP contribution in [0.2, 0.25) is 0 Å². The second-order valence-corrected chi connectivity index (χ2v) is 12.1. The van der Waals surface area contributed by atoms with E-state index in [1.807, 2.05) is 6.92 Å². The lowest BCUT2D eigenvalue weighted by molar-refractivity contribution is -0.118. The van der Waals surface area contributed by atoms with Gasteiger partial charge in [-0.15, -0.1) is 10.2 Å². The number of sulfone groups is 1. The first-order valence-electron chi connectivity index (χ1n) is 12.0. The first-order valence-corrected chi connectivity index (χ1v) is 13.6. The number of carbonyl (C=O) groups is 1. The zero-order valence-electron chi connectivity index (χ0n) is 19.0. The molecule has 0 unspecified atom stereocenters. The van der Waals surface area contributed by atoms with Crippen molar-refractivity contribution in [3.05, 3.63) is 41.5 Å². The fourth-order valence-corrected chi connectivity index (χ4v) is 8.16. The van der Waals surface area contributed by atoms with Crippen LogP contribution >= 0.6 is 0 Å². The molecule has 4 fully saturated rings. The van der Waals surface area contributed by atoms with Gasteiger partial charge >= 0.3 is 0 Å². The fraction of sp³-hybridized carbons (Fsp3) is 0.625. The van der Waals surface area contributed by atoms with Crippen molar-refractivity contribution in [2.24, 2.45) is 17.8 Å². The molecular weight excluding hydrogens is 443 g/mol. The van der Waals surface area contributed by atoms with Gasteiger partial charge in [-0.1, -0.05) is 12.1 Å². The predicted octanol–water partition coefficient (Wildman–Crippen LogP) is 3.04. The molecule has 1 aromatic heterocycles. The lowest BCUT2D eigenvalue weighted by atomic mass is 9.49. The van der Waals surface area contributed by atoms with Crippen LogP contribution in [-0.4, -0.2) is 41.4 Å². The molecule has 0 atom stereocenters. The van der Waals surface area contributed by atoms with E-state index in [0.29, 0.717) is 30.7 Å². The quantitative estimate of drug-likeness (QED) is 0.635. The van der Waals surface area contributed by atoms with Gasteiger partial charge in [0.2, 0.25) is 20.9 Å². The summed E-state index contributed by atoms with van der Waals surface area (Å²) in [5, 5.41) is 11.1. The zero-order chi connectivity index (χ0) is 23.2. The SMILES string of the molecule is CCn1c(C23CC4CC(CC(C4)C2)C3)nnc1S(=O)(=O)CC(=O)NCCc1ccc(F)cc1. The third-order valence-electron chi connectivity index (χ3n) is 7.79. The van der Waals surface area contributed by atoms with Crippen molar-refractivity contribution in [2.45, 2.75) is 69.0 Å². The number of aromatic nitrogens is 3. The summed E-state index contributed by atoms with van der Waals surface area (Å²) in [5.41, 5.74) is 0.800. The maximum Gasteiger partial charge on any atom is 0.250 e. The molecule has 9 heteroatoms. The largest absolute Gasteiger partial charge is 0.355 e. The van der Waals surface area contributed by atoms with Crippen LogP contribution in [0.1, 0.15) is 56.8 Å². The van der Waals surface area contributed by atoms with E-state index < -0.39 is 21.5 Å². The third-order valence-corrected chi connectivity index (χ3v) is 9.29. The second kappa shape index (κ2) is 8.49. The van der Waals surface area contributed by atoms with Crippen molar-refractivity contribution >= 4 is 15.7 Å². The number of hydrogen-bond acceptors (Lipinski definition) is 5. The molecule has 0 spiro atoms. The molecular formula is C24H31FN4O3S. The number of amides is 1. The number of nitrogens with one attached hydrogen (secondary N) is 1. The van der Waals surface area contributed by atoms with E-state index in [0.717, 1.165) is 30.7 Å². The Hall–Kier alpha value is -2.29. The van der Waals surface area contributed by atoms with Gasteiger partial charge in [-0.2, -0.15) is 0 Å². The Kier molecular flexibility index (Phi) is 5.79. The number of benzene rings is 1. The van der Waals surface area contributed by atoms with E-state index in [4.69, 9.17) is 0 Å². The Morgan fingerprint density at radius 3 is 2.27 bits per heavy atom. The minimum Gasteiger partial charge on any atom is -0.355 e. The van der Waals surface area contributed by atoms with Crippen molar-refractivity contribution in [1.29, 1.82) is 0 Å². The van der Waals surface area contributed by atoms with Crippen LogP contribution in [0.5, 0.6) is 0 Å². The summed E-state index contributed by atoms with van der Waals surface area (Å²) >= 11 is 0. The molecule has 0 aliphatic heterocycles. The Balaban J connectivity index is 1.28. The van der Waals surface area contributed by atoms with Crippen LogP contribution < -0.4 is 5.32 Å². The highest BCUT2D eigenvalue weighted by molar-refractivity contribution is 7.91. The van der Waals surface area contributed by atoms with Gasteiger partial charge in [0.1, 0.15) is 17.4 Å². The summed E-state index contributed by atoms with van der Waals surface area (Å²) in [4.78, 5) is 12.4. The molecule has 1 N–H and O–H groups in total. The summed E-state index contributed by atoms with van der Waals surface area (Å²) in [6.45, 7) is 2.65. The molecule has 178 valence electrons. The maximum absolute atomic E-state index is 13.1. The van der Waals surface area contributed by atoms with Crippen LogP contribution in [0.3, 0.4) is 0 Å². The standard InChI is InChI=1S/C24H31FN4O3S/c1-2-29-22(24-12-17-9-18(13-24)11-19(10-17)14-24)27-28-23(29)33(31,32)15-21(30)26-8-7-16-3-5-20(25)6-4-16/h3-6,17-19H,2,7-15H2,1H3,(H,26,30). The minimum atomic E-state index is -3.93. The van der Waals surface area contributed by atoms with Gasteiger partial charge in [0.25, 0.3) is 0 Å². The van der Waals surface area contributed by atoms with Gasteiger partial charge in [0.15, 0.2) is 0 Å². The van der Waals surface area contributed by atoms with Gasteiger partial charge in [0.05, 0.1) is 0 Å². The monoisotopic (exact) mass is 474 g/mol. The molecule has 0 saturated heterocycles. The molecule has 2 aromatic rings. The van der Waals surface area contributed by atoms with E-state index >= 15 is 0 Å².